The zero-order valence-corrected chi connectivity index (χ0v) is 15.4. The summed E-state index contributed by atoms with van der Waals surface area (Å²) in [5, 5.41) is 0.685. The second-order valence-electron chi connectivity index (χ2n) is 5.75. The van der Waals surface area contributed by atoms with E-state index in [1.807, 2.05) is 35.4 Å². The number of fused-ring (bicyclic) bond motifs is 1. The highest BCUT2D eigenvalue weighted by atomic mass is 35.5. The molecule has 4 nitrogen and oxygen atoms in total. The Morgan fingerprint density at radius 1 is 1.12 bits per heavy atom. The van der Waals surface area contributed by atoms with Gasteiger partial charge in [0.1, 0.15) is 0 Å². The van der Waals surface area contributed by atoms with Gasteiger partial charge in [0.05, 0.1) is 14.9 Å². The van der Waals surface area contributed by atoms with Crippen molar-refractivity contribution in [3.63, 3.8) is 0 Å². The molecule has 3 aromatic rings. The first-order valence-corrected chi connectivity index (χ1v) is 9.33. The molecule has 1 aromatic carbocycles. The first-order chi connectivity index (χ1) is 12.1. The molecule has 0 atom stereocenters. The second-order valence-corrected chi connectivity index (χ2v) is 7.90. The monoisotopic (exact) mass is 389 g/mol. The average molecular weight is 390 g/mol. The van der Waals surface area contributed by atoms with Crippen LogP contribution in [0, 0.1) is 0 Å². The van der Waals surface area contributed by atoms with Crippen molar-refractivity contribution in [3.05, 3.63) is 68.1 Å². The van der Waals surface area contributed by atoms with Crippen molar-refractivity contribution < 1.29 is 4.79 Å². The largest absolute Gasteiger partial charge is 0.333 e. The molecular formula is C18H13Cl2N3OS. The van der Waals surface area contributed by atoms with Crippen LogP contribution in [-0.4, -0.2) is 27.3 Å². The number of carbonyl (C=O) groups excluding carboxylic acids is 1. The first-order valence-electron chi connectivity index (χ1n) is 7.75. The molecule has 0 fully saturated rings. The summed E-state index contributed by atoms with van der Waals surface area (Å²) in [5.74, 6) is 0.685. The van der Waals surface area contributed by atoms with E-state index in [0.29, 0.717) is 39.6 Å². The smallest absolute Gasteiger partial charge is 0.264 e. The number of halogens is 2. The summed E-state index contributed by atoms with van der Waals surface area (Å²) in [5.41, 5.74) is 2.91. The van der Waals surface area contributed by atoms with Crippen LogP contribution in [0.2, 0.25) is 9.36 Å². The maximum atomic E-state index is 12.6. The van der Waals surface area contributed by atoms with Crippen molar-refractivity contribution in [2.24, 2.45) is 0 Å². The van der Waals surface area contributed by atoms with Crippen molar-refractivity contribution >= 4 is 40.4 Å². The van der Waals surface area contributed by atoms with Crippen LogP contribution in [0.5, 0.6) is 0 Å². The minimum absolute atomic E-state index is 0.00401. The summed E-state index contributed by atoms with van der Waals surface area (Å²) in [4.78, 5) is 24.2. The van der Waals surface area contributed by atoms with Gasteiger partial charge in [-0.25, -0.2) is 9.97 Å². The highest BCUT2D eigenvalue weighted by Crippen LogP contribution is 2.26. The van der Waals surface area contributed by atoms with Gasteiger partial charge in [0.15, 0.2) is 5.82 Å². The van der Waals surface area contributed by atoms with E-state index in [1.165, 1.54) is 11.3 Å². The van der Waals surface area contributed by atoms with Crippen molar-refractivity contribution in [2.45, 2.75) is 13.0 Å². The number of aromatic nitrogens is 2. The van der Waals surface area contributed by atoms with Gasteiger partial charge in [-0.05, 0) is 36.4 Å². The van der Waals surface area contributed by atoms with Crippen molar-refractivity contribution in [2.75, 3.05) is 6.54 Å². The summed E-state index contributed by atoms with van der Waals surface area (Å²) < 4.78 is 0.622. The van der Waals surface area contributed by atoms with Crippen LogP contribution in [0.1, 0.15) is 20.9 Å². The van der Waals surface area contributed by atoms with E-state index in [4.69, 9.17) is 23.2 Å². The number of amides is 1. The Balaban J connectivity index is 1.56. The lowest BCUT2D eigenvalue weighted by atomic mass is 10.1. The van der Waals surface area contributed by atoms with E-state index in [0.717, 1.165) is 16.8 Å². The lowest BCUT2D eigenvalue weighted by molar-refractivity contribution is 0.0738. The maximum absolute atomic E-state index is 12.6. The third-order valence-corrected chi connectivity index (χ3v) is 5.58. The lowest BCUT2D eigenvalue weighted by Crippen LogP contribution is -2.36. The minimum Gasteiger partial charge on any atom is -0.333 e. The Hall–Kier alpha value is -1.95. The van der Waals surface area contributed by atoms with Crippen LogP contribution < -0.4 is 0 Å². The second kappa shape index (κ2) is 6.75. The van der Waals surface area contributed by atoms with Gasteiger partial charge in [0, 0.05) is 41.9 Å². The molecule has 3 heterocycles. The molecule has 1 amide bonds. The molecule has 2 aromatic heterocycles. The quantitative estimate of drug-likeness (QED) is 0.637. The van der Waals surface area contributed by atoms with E-state index < -0.39 is 0 Å². The lowest BCUT2D eigenvalue weighted by Gasteiger charge is -2.27. The third kappa shape index (κ3) is 3.40. The highest BCUT2D eigenvalue weighted by Gasteiger charge is 2.24. The topological polar surface area (TPSA) is 46.1 Å². The van der Waals surface area contributed by atoms with E-state index in [-0.39, 0.29) is 5.91 Å². The minimum atomic E-state index is 0.00401. The zero-order chi connectivity index (χ0) is 17.4. The molecule has 126 valence electrons. The maximum Gasteiger partial charge on any atom is 0.264 e. The fourth-order valence-electron chi connectivity index (χ4n) is 2.81. The van der Waals surface area contributed by atoms with Gasteiger partial charge in [-0.1, -0.05) is 23.2 Å². The molecule has 0 spiro atoms. The van der Waals surface area contributed by atoms with Crippen molar-refractivity contribution in [3.8, 4) is 11.4 Å². The van der Waals surface area contributed by atoms with Crippen LogP contribution in [0.3, 0.4) is 0 Å². The summed E-state index contributed by atoms with van der Waals surface area (Å²) in [6.45, 7) is 1.16. The molecule has 4 rings (SSSR count). The van der Waals surface area contributed by atoms with Crippen LogP contribution >= 0.6 is 34.5 Å². The van der Waals surface area contributed by atoms with Crippen molar-refractivity contribution in [1.82, 2.24) is 14.9 Å². The number of rotatable bonds is 2. The molecule has 1 aliphatic heterocycles. The van der Waals surface area contributed by atoms with Crippen LogP contribution in [0.15, 0.2) is 42.6 Å². The highest BCUT2D eigenvalue weighted by molar-refractivity contribution is 7.17. The third-order valence-electron chi connectivity index (χ3n) is 4.11. The molecular weight excluding hydrogens is 377 g/mol. The number of benzene rings is 1. The fraction of sp³-hybridized carbons (Fsp3) is 0.167. The SMILES string of the molecule is O=C(c1ccc(Cl)s1)N1CCc2nc(-c3ccc(Cl)cc3)ncc2C1. The molecule has 0 radical (unpaired) electrons. The summed E-state index contributed by atoms with van der Waals surface area (Å²) >= 11 is 13.2. The normalized spacial score (nSPS) is 13.6. The Kier molecular flexibility index (Phi) is 4.46. The number of hydrogen-bond acceptors (Lipinski definition) is 4. The fourth-order valence-corrected chi connectivity index (χ4v) is 3.95. The Labute approximate surface area is 159 Å². The molecule has 0 aliphatic carbocycles. The first kappa shape index (κ1) is 16.5. The standard InChI is InChI=1S/C18H13Cl2N3OS/c19-13-3-1-11(2-4-13)17-21-9-12-10-23(8-7-14(12)22-17)18(24)15-5-6-16(20)25-15/h1-6,9H,7-8,10H2. The predicted octanol–water partition coefficient (Wildman–Crippen LogP) is 4.71. The van der Waals surface area contributed by atoms with E-state index in [1.54, 1.807) is 12.1 Å². The van der Waals surface area contributed by atoms with E-state index in [2.05, 4.69) is 9.97 Å². The van der Waals surface area contributed by atoms with Gasteiger partial charge in [0.2, 0.25) is 0 Å². The van der Waals surface area contributed by atoms with E-state index >= 15 is 0 Å². The van der Waals surface area contributed by atoms with Crippen LogP contribution in [-0.2, 0) is 13.0 Å². The van der Waals surface area contributed by atoms with E-state index in [9.17, 15) is 4.79 Å². The Morgan fingerprint density at radius 3 is 2.64 bits per heavy atom. The molecule has 0 bridgehead atoms. The summed E-state index contributed by atoms with van der Waals surface area (Å²) in [6.07, 6.45) is 2.52. The van der Waals surface area contributed by atoms with Gasteiger partial charge in [-0.15, -0.1) is 11.3 Å². The molecule has 0 unspecified atom stereocenters. The molecule has 1 aliphatic rings. The number of carbonyl (C=O) groups is 1. The number of thiophene rings is 1. The van der Waals surface area contributed by atoms with Gasteiger partial charge >= 0.3 is 0 Å². The predicted molar refractivity (Wildman–Crippen MR) is 100 cm³/mol. The summed E-state index contributed by atoms with van der Waals surface area (Å²) in [6, 6.07) is 11.0. The Bertz CT molecular complexity index is 940. The average Bonchev–Trinajstić information content (AvgIpc) is 3.07. The summed E-state index contributed by atoms with van der Waals surface area (Å²) in [7, 11) is 0. The zero-order valence-electron chi connectivity index (χ0n) is 13.1. The van der Waals surface area contributed by atoms with Gasteiger partial charge < -0.3 is 4.90 Å². The van der Waals surface area contributed by atoms with Crippen LogP contribution in [0.25, 0.3) is 11.4 Å². The molecule has 0 N–H and O–H groups in total. The molecule has 0 saturated carbocycles. The molecule has 7 heteroatoms. The van der Waals surface area contributed by atoms with Gasteiger partial charge in [-0.2, -0.15) is 0 Å². The number of hydrogen-bond donors (Lipinski definition) is 0. The van der Waals surface area contributed by atoms with Gasteiger partial charge in [0.25, 0.3) is 5.91 Å². The van der Waals surface area contributed by atoms with Crippen molar-refractivity contribution in [1.29, 1.82) is 0 Å². The van der Waals surface area contributed by atoms with Gasteiger partial charge in [-0.3, -0.25) is 4.79 Å². The molecule has 25 heavy (non-hydrogen) atoms. The van der Waals surface area contributed by atoms with Crippen LogP contribution in [0.4, 0.5) is 0 Å². The number of nitrogens with zero attached hydrogens (tertiary/aromatic N) is 3. The Morgan fingerprint density at radius 2 is 1.92 bits per heavy atom. The molecule has 0 saturated heterocycles.